The predicted molar refractivity (Wildman–Crippen MR) is 103 cm³/mol. The van der Waals surface area contributed by atoms with Crippen molar-refractivity contribution in [3.8, 4) is 0 Å². The minimum atomic E-state index is -4.29. The summed E-state index contributed by atoms with van der Waals surface area (Å²) in [5, 5.41) is 6.50. The zero-order valence-electron chi connectivity index (χ0n) is 16.1. The molecule has 1 aliphatic rings. The van der Waals surface area contributed by atoms with Crippen molar-refractivity contribution in [1.82, 2.24) is 20.4 Å². The molecule has 2 rings (SSSR count). The topological polar surface area (TPSA) is 42.9 Å². The smallest absolute Gasteiger partial charge is 0.356 e. The monoisotopic (exact) mass is 385 g/mol. The molecule has 1 saturated heterocycles. The number of likely N-dealkylation sites (N-methyl/N-ethyl adjacent to an activating group) is 1. The number of benzene rings is 1. The van der Waals surface area contributed by atoms with Crippen LogP contribution in [0.5, 0.6) is 0 Å². The molecule has 1 fully saturated rings. The molecule has 1 heterocycles. The molecule has 0 unspecified atom stereocenters. The summed E-state index contributed by atoms with van der Waals surface area (Å²) in [5.74, 6) is 0.717. The number of piperazine rings is 1. The number of nitrogens with zero attached hydrogens (tertiary/aromatic N) is 3. The quantitative estimate of drug-likeness (QED) is 0.557. The van der Waals surface area contributed by atoms with E-state index in [-0.39, 0.29) is 0 Å². The first-order chi connectivity index (χ1) is 12.9. The van der Waals surface area contributed by atoms with Crippen LogP contribution in [-0.4, -0.2) is 75.2 Å². The van der Waals surface area contributed by atoms with Gasteiger partial charge in [-0.15, -0.1) is 0 Å². The summed E-state index contributed by atoms with van der Waals surface area (Å²) < 4.78 is 37.7. The largest absolute Gasteiger partial charge is 0.416 e. The lowest BCUT2D eigenvalue weighted by Gasteiger charge is -2.34. The van der Waals surface area contributed by atoms with Gasteiger partial charge in [-0.3, -0.25) is 9.89 Å². The van der Waals surface area contributed by atoms with Crippen LogP contribution in [0.15, 0.2) is 29.3 Å². The van der Waals surface area contributed by atoms with E-state index >= 15 is 0 Å². The van der Waals surface area contributed by atoms with Crippen molar-refractivity contribution in [2.24, 2.45) is 4.99 Å². The summed E-state index contributed by atoms with van der Waals surface area (Å²) in [6, 6.07) is 5.30. The van der Waals surface area contributed by atoms with Crippen LogP contribution in [0.3, 0.4) is 0 Å². The van der Waals surface area contributed by atoms with Gasteiger partial charge in [0.15, 0.2) is 5.96 Å². The molecule has 0 bridgehead atoms. The van der Waals surface area contributed by atoms with Gasteiger partial charge in [-0.2, -0.15) is 13.2 Å². The molecule has 2 N–H and O–H groups in total. The van der Waals surface area contributed by atoms with Crippen LogP contribution in [0.25, 0.3) is 0 Å². The third-order valence-corrected chi connectivity index (χ3v) is 4.84. The Balaban J connectivity index is 1.64. The molecule has 5 nitrogen and oxygen atoms in total. The van der Waals surface area contributed by atoms with Gasteiger partial charge >= 0.3 is 6.18 Å². The van der Waals surface area contributed by atoms with Gasteiger partial charge in [-0.1, -0.05) is 19.1 Å². The average Bonchev–Trinajstić information content (AvgIpc) is 2.67. The molecule has 0 aromatic heterocycles. The van der Waals surface area contributed by atoms with Gasteiger partial charge in [0, 0.05) is 52.9 Å². The van der Waals surface area contributed by atoms with Crippen molar-refractivity contribution < 1.29 is 13.2 Å². The molecule has 0 spiro atoms. The molecule has 152 valence electrons. The van der Waals surface area contributed by atoms with Crippen molar-refractivity contribution in [3.05, 3.63) is 35.4 Å². The first kappa shape index (κ1) is 21.5. The third-order valence-electron chi connectivity index (χ3n) is 4.84. The SMILES string of the molecule is CCN1CCN(CCNC(=NC)NCCc2ccc(C(F)(F)F)cc2)CC1. The van der Waals surface area contributed by atoms with Crippen LogP contribution < -0.4 is 10.6 Å². The second-order valence-electron chi connectivity index (χ2n) is 6.65. The zero-order valence-corrected chi connectivity index (χ0v) is 16.1. The highest BCUT2D eigenvalue weighted by molar-refractivity contribution is 5.79. The average molecular weight is 385 g/mol. The van der Waals surface area contributed by atoms with Crippen LogP contribution in [0.2, 0.25) is 0 Å². The number of hydrogen-bond acceptors (Lipinski definition) is 3. The number of rotatable bonds is 7. The molecule has 1 aromatic carbocycles. The number of hydrogen-bond donors (Lipinski definition) is 2. The Morgan fingerprint density at radius 3 is 2.15 bits per heavy atom. The molecule has 1 aromatic rings. The Kier molecular flexibility index (Phi) is 8.37. The van der Waals surface area contributed by atoms with Crippen molar-refractivity contribution >= 4 is 5.96 Å². The zero-order chi connectivity index (χ0) is 19.7. The van der Waals surface area contributed by atoms with E-state index in [0.29, 0.717) is 18.9 Å². The lowest BCUT2D eigenvalue weighted by molar-refractivity contribution is -0.137. The van der Waals surface area contributed by atoms with Crippen LogP contribution in [0.4, 0.5) is 13.2 Å². The molecule has 1 aliphatic heterocycles. The fourth-order valence-corrected chi connectivity index (χ4v) is 3.07. The van der Waals surface area contributed by atoms with E-state index < -0.39 is 11.7 Å². The summed E-state index contributed by atoms with van der Waals surface area (Å²) in [7, 11) is 1.72. The maximum atomic E-state index is 12.6. The Bertz CT molecular complexity index is 578. The van der Waals surface area contributed by atoms with Gasteiger partial charge in [-0.05, 0) is 30.7 Å². The van der Waals surface area contributed by atoms with E-state index in [1.807, 2.05) is 0 Å². The molecule has 8 heteroatoms. The van der Waals surface area contributed by atoms with E-state index in [1.165, 1.54) is 12.1 Å². The highest BCUT2D eigenvalue weighted by Gasteiger charge is 2.29. The Morgan fingerprint density at radius 1 is 1.00 bits per heavy atom. The maximum Gasteiger partial charge on any atom is 0.416 e. The third kappa shape index (κ3) is 7.38. The number of aliphatic imine (C=N–C) groups is 1. The van der Waals surface area contributed by atoms with Crippen molar-refractivity contribution in [1.29, 1.82) is 0 Å². The number of halogens is 3. The van der Waals surface area contributed by atoms with Crippen LogP contribution in [-0.2, 0) is 12.6 Å². The molecular formula is C19H30F3N5. The minimum Gasteiger partial charge on any atom is -0.356 e. The molecule has 0 saturated carbocycles. The maximum absolute atomic E-state index is 12.6. The van der Waals surface area contributed by atoms with Gasteiger partial charge in [-0.25, -0.2) is 0 Å². The van der Waals surface area contributed by atoms with Crippen LogP contribution >= 0.6 is 0 Å². The summed E-state index contributed by atoms with van der Waals surface area (Å²) in [4.78, 5) is 9.08. The van der Waals surface area contributed by atoms with E-state index in [1.54, 1.807) is 7.05 Å². The van der Waals surface area contributed by atoms with Crippen LogP contribution in [0.1, 0.15) is 18.1 Å². The van der Waals surface area contributed by atoms with Crippen molar-refractivity contribution in [2.45, 2.75) is 19.5 Å². The number of nitrogens with one attached hydrogen (secondary N) is 2. The van der Waals surface area contributed by atoms with Gasteiger partial charge in [0.05, 0.1) is 5.56 Å². The summed E-state index contributed by atoms with van der Waals surface area (Å²) >= 11 is 0. The summed E-state index contributed by atoms with van der Waals surface area (Å²) in [5.41, 5.74) is 0.246. The Hall–Kier alpha value is -1.80. The number of alkyl halides is 3. The first-order valence-corrected chi connectivity index (χ1v) is 9.47. The standard InChI is InChI=1S/C19H30F3N5/c1-3-26-12-14-27(15-13-26)11-10-25-18(23-2)24-9-8-16-4-6-17(7-5-16)19(20,21)22/h4-7H,3,8-15H2,1-2H3,(H2,23,24,25). The Morgan fingerprint density at radius 2 is 1.59 bits per heavy atom. The second kappa shape index (κ2) is 10.5. The van der Waals surface area contributed by atoms with Crippen LogP contribution in [0, 0.1) is 0 Å². The molecule has 27 heavy (non-hydrogen) atoms. The van der Waals surface area contributed by atoms with E-state index in [0.717, 1.165) is 63.5 Å². The fourth-order valence-electron chi connectivity index (χ4n) is 3.07. The first-order valence-electron chi connectivity index (χ1n) is 9.47. The summed E-state index contributed by atoms with van der Waals surface area (Å²) in [6.45, 7) is 10.1. The van der Waals surface area contributed by atoms with Gasteiger partial charge in [0.1, 0.15) is 0 Å². The molecule has 0 aliphatic carbocycles. The predicted octanol–water partition coefficient (Wildman–Crippen LogP) is 2.05. The lowest BCUT2D eigenvalue weighted by atomic mass is 10.1. The minimum absolute atomic E-state index is 0.611. The Labute approximate surface area is 159 Å². The van der Waals surface area contributed by atoms with E-state index in [2.05, 4.69) is 32.3 Å². The van der Waals surface area contributed by atoms with Gasteiger partial charge in [0.2, 0.25) is 0 Å². The number of guanidine groups is 1. The molecule has 0 radical (unpaired) electrons. The second-order valence-corrected chi connectivity index (χ2v) is 6.65. The van der Waals surface area contributed by atoms with Crippen molar-refractivity contribution in [3.63, 3.8) is 0 Å². The molecule has 0 atom stereocenters. The van der Waals surface area contributed by atoms with E-state index in [4.69, 9.17) is 0 Å². The highest BCUT2D eigenvalue weighted by Crippen LogP contribution is 2.29. The van der Waals surface area contributed by atoms with Gasteiger partial charge in [0.25, 0.3) is 0 Å². The highest BCUT2D eigenvalue weighted by atomic mass is 19.4. The van der Waals surface area contributed by atoms with Crippen molar-refractivity contribution in [2.75, 3.05) is 59.4 Å². The normalized spacial score (nSPS) is 17.1. The fraction of sp³-hybridized carbons (Fsp3) is 0.632. The van der Waals surface area contributed by atoms with Gasteiger partial charge < -0.3 is 15.5 Å². The lowest BCUT2D eigenvalue weighted by Crippen LogP contribution is -2.49. The molecule has 0 amide bonds. The summed E-state index contributed by atoms with van der Waals surface area (Å²) in [6.07, 6.45) is -3.65. The van der Waals surface area contributed by atoms with E-state index in [9.17, 15) is 13.2 Å². The molecular weight excluding hydrogens is 355 g/mol.